The van der Waals surface area contributed by atoms with E-state index >= 15 is 0 Å². The molecule has 2 aromatic carbocycles. The molecular formula is C17H22N2O3S. The summed E-state index contributed by atoms with van der Waals surface area (Å²) >= 11 is 0. The molecule has 0 heterocycles. The van der Waals surface area contributed by atoms with Crippen molar-refractivity contribution in [1.82, 2.24) is 9.79 Å². The summed E-state index contributed by atoms with van der Waals surface area (Å²) in [6.07, 6.45) is 0. The number of hydrogen-bond donors (Lipinski definition) is 2. The molecule has 0 amide bonds. The van der Waals surface area contributed by atoms with Gasteiger partial charge in [0.1, 0.15) is 0 Å². The summed E-state index contributed by atoms with van der Waals surface area (Å²) in [4.78, 5) is 0.225. The lowest BCUT2D eigenvalue weighted by Gasteiger charge is -2.20. The fraction of sp³-hybridized carbons (Fsp3) is 0.294. The van der Waals surface area contributed by atoms with Gasteiger partial charge in [-0.3, -0.25) is 0 Å². The summed E-state index contributed by atoms with van der Waals surface area (Å²) in [5.74, 6) is 0. The molecule has 6 heteroatoms. The number of hydroxylamine groups is 2. The van der Waals surface area contributed by atoms with Crippen molar-refractivity contribution in [1.29, 1.82) is 0 Å². The minimum absolute atomic E-state index is 0.194. The van der Waals surface area contributed by atoms with Crippen molar-refractivity contribution in [2.75, 3.05) is 6.54 Å². The maximum absolute atomic E-state index is 12.3. The van der Waals surface area contributed by atoms with Crippen LogP contribution in [0, 0.1) is 6.92 Å². The van der Waals surface area contributed by atoms with Crippen molar-refractivity contribution in [2.45, 2.75) is 31.3 Å². The van der Waals surface area contributed by atoms with Crippen LogP contribution in [0.3, 0.4) is 0 Å². The molecule has 0 saturated heterocycles. The van der Waals surface area contributed by atoms with Crippen molar-refractivity contribution in [2.24, 2.45) is 0 Å². The van der Waals surface area contributed by atoms with Crippen molar-refractivity contribution in [3.63, 3.8) is 0 Å². The Morgan fingerprint density at radius 2 is 1.70 bits per heavy atom. The first-order valence-corrected chi connectivity index (χ1v) is 8.92. The van der Waals surface area contributed by atoms with Gasteiger partial charge >= 0.3 is 0 Å². The maximum Gasteiger partial charge on any atom is 0.240 e. The number of benzene rings is 2. The molecule has 1 unspecified atom stereocenters. The zero-order valence-electron chi connectivity index (χ0n) is 13.3. The van der Waals surface area contributed by atoms with E-state index in [0.717, 1.165) is 16.2 Å². The van der Waals surface area contributed by atoms with Crippen molar-refractivity contribution in [3.05, 3.63) is 65.7 Å². The molecule has 2 aromatic rings. The number of nitrogens with zero attached hydrogens (tertiary/aromatic N) is 1. The number of aryl methyl sites for hydroxylation is 1. The van der Waals surface area contributed by atoms with Gasteiger partial charge in [0, 0.05) is 19.1 Å². The summed E-state index contributed by atoms with van der Waals surface area (Å²) in [6.45, 7) is 4.16. The third-order valence-corrected chi connectivity index (χ3v) is 4.99. The first kappa shape index (κ1) is 17.6. The third-order valence-electron chi connectivity index (χ3n) is 3.38. The van der Waals surface area contributed by atoms with Crippen LogP contribution in [0.2, 0.25) is 0 Å². The first-order chi connectivity index (χ1) is 10.9. The number of sulfonamides is 1. The predicted octanol–water partition coefficient (Wildman–Crippen LogP) is 2.55. The second-order valence-corrected chi connectivity index (χ2v) is 7.38. The summed E-state index contributed by atoms with van der Waals surface area (Å²) in [5, 5.41) is 11.1. The van der Waals surface area contributed by atoms with Gasteiger partial charge in [0.25, 0.3) is 0 Å². The van der Waals surface area contributed by atoms with Gasteiger partial charge in [-0.25, -0.2) is 13.1 Å². The van der Waals surface area contributed by atoms with E-state index in [0.29, 0.717) is 6.54 Å². The minimum Gasteiger partial charge on any atom is -0.314 e. The van der Waals surface area contributed by atoms with Gasteiger partial charge in [0.15, 0.2) is 0 Å². The van der Waals surface area contributed by atoms with Crippen LogP contribution >= 0.6 is 0 Å². The zero-order chi connectivity index (χ0) is 16.9. The van der Waals surface area contributed by atoms with Gasteiger partial charge < -0.3 is 5.21 Å². The van der Waals surface area contributed by atoms with Crippen LogP contribution in [-0.4, -0.2) is 31.3 Å². The molecule has 23 heavy (non-hydrogen) atoms. The van der Waals surface area contributed by atoms with E-state index in [1.807, 2.05) is 37.3 Å². The maximum atomic E-state index is 12.3. The molecular weight excluding hydrogens is 312 g/mol. The molecule has 1 atom stereocenters. The molecule has 0 aliphatic rings. The summed E-state index contributed by atoms with van der Waals surface area (Å²) in [7, 11) is -3.58. The smallest absolute Gasteiger partial charge is 0.240 e. The minimum atomic E-state index is -3.58. The Morgan fingerprint density at radius 3 is 2.30 bits per heavy atom. The lowest BCUT2D eigenvalue weighted by Crippen LogP contribution is -2.40. The third kappa shape index (κ3) is 5.44. The van der Waals surface area contributed by atoms with Gasteiger partial charge in [-0.1, -0.05) is 48.0 Å². The van der Waals surface area contributed by atoms with Gasteiger partial charge in [-0.15, -0.1) is 0 Å². The van der Waals surface area contributed by atoms with E-state index in [1.165, 1.54) is 0 Å². The lowest BCUT2D eigenvalue weighted by molar-refractivity contribution is -0.103. The van der Waals surface area contributed by atoms with Crippen molar-refractivity contribution < 1.29 is 13.6 Å². The van der Waals surface area contributed by atoms with Crippen molar-refractivity contribution in [3.8, 4) is 0 Å². The average Bonchev–Trinajstić information content (AvgIpc) is 2.47. The van der Waals surface area contributed by atoms with Crippen LogP contribution < -0.4 is 4.72 Å². The fourth-order valence-electron chi connectivity index (χ4n) is 2.26. The highest BCUT2D eigenvalue weighted by Gasteiger charge is 2.18. The second kappa shape index (κ2) is 7.70. The van der Waals surface area contributed by atoms with Crippen molar-refractivity contribution >= 4 is 10.0 Å². The van der Waals surface area contributed by atoms with Crippen LogP contribution in [0.5, 0.6) is 0 Å². The highest BCUT2D eigenvalue weighted by Crippen LogP contribution is 2.11. The van der Waals surface area contributed by atoms with Gasteiger partial charge in [-0.2, -0.15) is 5.06 Å². The van der Waals surface area contributed by atoms with Crippen LogP contribution in [0.1, 0.15) is 18.1 Å². The summed E-state index contributed by atoms with van der Waals surface area (Å²) < 4.78 is 27.1. The van der Waals surface area contributed by atoms with Crippen LogP contribution in [-0.2, 0) is 16.6 Å². The van der Waals surface area contributed by atoms with E-state index in [-0.39, 0.29) is 11.4 Å². The highest BCUT2D eigenvalue weighted by atomic mass is 32.2. The number of rotatable bonds is 7. The van der Waals surface area contributed by atoms with Gasteiger partial charge in [0.05, 0.1) is 4.90 Å². The molecule has 0 bridgehead atoms. The van der Waals surface area contributed by atoms with Crippen LogP contribution in [0.25, 0.3) is 0 Å². The van der Waals surface area contributed by atoms with E-state index in [9.17, 15) is 13.6 Å². The molecule has 5 nitrogen and oxygen atoms in total. The Bertz CT molecular complexity index is 715. The number of hydrogen-bond acceptors (Lipinski definition) is 4. The van der Waals surface area contributed by atoms with Gasteiger partial charge in [0.2, 0.25) is 10.0 Å². The Hall–Kier alpha value is -1.73. The molecule has 2 rings (SSSR count). The van der Waals surface area contributed by atoms with Gasteiger partial charge in [-0.05, 0) is 31.5 Å². The molecule has 0 radical (unpaired) electrons. The van der Waals surface area contributed by atoms with E-state index in [1.54, 1.807) is 31.2 Å². The monoisotopic (exact) mass is 334 g/mol. The topological polar surface area (TPSA) is 69.6 Å². The molecule has 124 valence electrons. The number of nitrogens with one attached hydrogen (secondary N) is 1. The summed E-state index contributed by atoms with van der Waals surface area (Å²) in [6, 6.07) is 15.8. The summed E-state index contributed by atoms with van der Waals surface area (Å²) in [5.41, 5.74) is 1.96. The Labute approximate surface area is 137 Å². The van der Waals surface area contributed by atoms with Crippen LogP contribution in [0.4, 0.5) is 0 Å². The van der Waals surface area contributed by atoms with Crippen LogP contribution in [0.15, 0.2) is 59.5 Å². The van der Waals surface area contributed by atoms with E-state index < -0.39 is 16.1 Å². The Balaban J connectivity index is 1.93. The normalized spacial score (nSPS) is 13.2. The molecule has 2 N–H and O–H groups in total. The molecule has 0 aliphatic carbocycles. The fourth-order valence-corrected chi connectivity index (χ4v) is 3.50. The standard InChI is InChI=1S/C17H22N2O3S/c1-14-8-10-17(11-9-14)23(21,22)18-15(2)12-19(20)13-16-6-4-3-5-7-16/h3-11,15,18,20H,12-13H2,1-2H3. The second-order valence-electron chi connectivity index (χ2n) is 5.67. The SMILES string of the molecule is Cc1ccc(S(=O)(=O)NC(C)CN(O)Cc2ccccc2)cc1. The average molecular weight is 334 g/mol. The quantitative estimate of drug-likeness (QED) is 0.764. The first-order valence-electron chi connectivity index (χ1n) is 7.43. The highest BCUT2D eigenvalue weighted by molar-refractivity contribution is 7.89. The lowest BCUT2D eigenvalue weighted by atomic mass is 10.2. The Kier molecular flexibility index (Phi) is 5.90. The zero-order valence-corrected chi connectivity index (χ0v) is 14.1. The molecule has 0 spiro atoms. The van der Waals surface area contributed by atoms with E-state index in [2.05, 4.69) is 4.72 Å². The largest absolute Gasteiger partial charge is 0.314 e. The molecule has 0 aromatic heterocycles. The molecule has 0 aliphatic heterocycles. The predicted molar refractivity (Wildman–Crippen MR) is 89.6 cm³/mol. The Morgan fingerprint density at radius 1 is 1.09 bits per heavy atom. The molecule has 0 fully saturated rings. The molecule has 0 saturated carbocycles. The van der Waals surface area contributed by atoms with E-state index in [4.69, 9.17) is 0 Å².